The van der Waals surface area contributed by atoms with Crippen LogP contribution < -0.4 is 10.6 Å². The molecule has 2 aliphatic rings. The molecule has 2 aromatic rings. The first-order valence-corrected chi connectivity index (χ1v) is 12.3. The SMILES string of the molecule is CNC(C(=O)NC1C(=O)N2C1SC(C)(C)C2C(=O)O)c1ccc(O)cc1.COC(=O)c1cc(O)ccc1O. The third-order valence-corrected chi connectivity index (χ3v) is 7.71. The molecular weight excluding hydrogens is 518 g/mol. The van der Waals surface area contributed by atoms with E-state index in [2.05, 4.69) is 15.4 Å². The second kappa shape index (κ2) is 11.2. The second-order valence-corrected chi connectivity index (χ2v) is 10.9. The number of nitrogens with one attached hydrogen (secondary N) is 2. The van der Waals surface area contributed by atoms with Gasteiger partial charge in [0.2, 0.25) is 11.8 Å². The summed E-state index contributed by atoms with van der Waals surface area (Å²) in [4.78, 5) is 48.9. The molecule has 0 saturated carbocycles. The van der Waals surface area contributed by atoms with E-state index in [1.807, 2.05) is 0 Å². The maximum absolute atomic E-state index is 12.6. The van der Waals surface area contributed by atoms with Crippen LogP contribution in [0.25, 0.3) is 0 Å². The number of fused-ring (bicyclic) bond motifs is 1. The number of hydrogen-bond acceptors (Lipinski definition) is 10. The number of β-lactam (4-membered cyclic amide) rings is 1. The Balaban J connectivity index is 0.000000279. The van der Waals surface area contributed by atoms with Crippen LogP contribution in [0.15, 0.2) is 42.5 Å². The molecule has 0 radical (unpaired) electrons. The number of carbonyl (C=O) groups excluding carboxylic acids is 3. The third kappa shape index (κ3) is 5.63. The van der Waals surface area contributed by atoms with E-state index in [0.29, 0.717) is 5.56 Å². The Hall–Kier alpha value is -3.97. The van der Waals surface area contributed by atoms with E-state index >= 15 is 0 Å². The van der Waals surface area contributed by atoms with Gasteiger partial charge in [-0.3, -0.25) is 9.59 Å². The molecule has 0 bridgehead atoms. The van der Waals surface area contributed by atoms with Crippen LogP contribution in [0.5, 0.6) is 17.2 Å². The number of benzene rings is 2. The zero-order chi connectivity index (χ0) is 28.4. The van der Waals surface area contributed by atoms with Gasteiger partial charge in [-0.2, -0.15) is 0 Å². The van der Waals surface area contributed by atoms with Crippen molar-refractivity contribution in [2.75, 3.05) is 14.2 Å². The quantitative estimate of drug-likeness (QED) is 0.173. The van der Waals surface area contributed by atoms with Gasteiger partial charge in [-0.25, -0.2) is 9.59 Å². The summed E-state index contributed by atoms with van der Waals surface area (Å²) < 4.78 is 3.73. The lowest BCUT2D eigenvalue weighted by molar-refractivity contribution is -0.161. The zero-order valence-corrected chi connectivity index (χ0v) is 21.9. The van der Waals surface area contributed by atoms with Crippen LogP contribution in [0.1, 0.15) is 35.8 Å². The Morgan fingerprint density at radius 1 is 1.05 bits per heavy atom. The molecule has 38 heavy (non-hydrogen) atoms. The second-order valence-electron chi connectivity index (χ2n) is 9.09. The number of carboxylic acid groups (broad SMARTS) is 1. The van der Waals surface area contributed by atoms with Gasteiger partial charge in [0.1, 0.15) is 46.3 Å². The van der Waals surface area contributed by atoms with E-state index in [1.54, 1.807) is 33.0 Å². The van der Waals surface area contributed by atoms with Crippen LogP contribution in [0.2, 0.25) is 0 Å². The molecule has 4 unspecified atom stereocenters. The minimum atomic E-state index is -1.04. The van der Waals surface area contributed by atoms with Crippen molar-refractivity contribution >= 4 is 35.5 Å². The number of phenolic OH excluding ortho intramolecular Hbond substituents is 3. The number of methoxy groups -OCH3 is 1. The summed E-state index contributed by atoms with van der Waals surface area (Å²) in [6.07, 6.45) is 0. The van der Waals surface area contributed by atoms with Gasteiger partial charge in [0.05, 0.1) is 7.11 Å². The maximum Gasteiger partial charge on any atom is 0.341 e. The predicted octanol–water partition coefficient (Wildman–Crippen LogP) is 1.17. The average Bonchev–Trinajstić information content (AvgIpc) is 3.13. The fourth-order valence-electron chi connectivity index (χ4n) is 4.30. The van der Waals surface area contributed by atoms with Crippen LogP contribution in [0, 0.1) is 0 Å². The molecule has 12 nitrogen and oxygen atoms in total. The number of aromatic hydroxyl groups is 3. The highest BCUT2D eigenvalue weighted by Crippen LogP contribution is 2.50. The third-order valence-electron chi connectivity index (χ3n) is 6.14. The molecule has 2 amide bonds. The Bertz CT molecular complexity index is 1240. The minimum Gasteiger partial charge on any atom is -0.508 e. The van der Waals surface area contributed by atoms with Gasteiger partial charge >= 0.3 is 11.9 Å². The number of rotatable bonds is 6. The molecular formula is C25H29N3O9S. The van der Waals surface area contributed by atoms with Gasteiger partial charge in [-0.05, 0) is 56.8 Å². The molecule has 2 fully saturated rings. The van der Waals surface area contributed by atoms with Crippen LogP contribution in [0.4, 0.5) is 0 Å². The number of aliphatic carboxylic acids is 1. The van der Waals surface area contributed by atoms with Crippen molar-refractivity contribution in [3.8, 4) is 17.2 Å². The van der Waals surface area contributed by atoms with Gasteiger partial charge in [-0.1, -0.05) is 12.1 Å². The van der Waals surface area contributed by atoms with Gasteiger partial charge in [0.15, 0.2) is 0 Å². The molecule has 4 atom stereocenters. The summed E-state index contributed by atoms with van der Waals surface area (Å²) in [5, 5.41) is 42.1. The Labute approximate surface area is 222 Å². The molecule has 2 saturated heterocycles. The molecule has 4 rings (SSSR count). The van der Waals surface area contributed by atoms with Crippen LogP contribution in [0.3, 0.4) is 0 Å². The standard InChI is InChI=1S/C17H21N3O5S.C8H8O4/c1-17(2)12(16(24)25)20-14(23)11(15(20)26-17)19-13(22)10(18-3)8-4-6-9(21)7-5-8;1-12-8(11)6-4-5(9)2-3-7(6)10/h4-7,10-12,15,18,21H,1-3H3,(H,19,22)(H,24,25);2-4,9-10H,1H3. The van der Waals surface area contributed by atoms with Crippen molar-refractivity contribution in [2.24, 2.45) is 0 Å². The number of carboxylic acids is 1. The number of phenols is 3. The summed E-state index contributed by atoms with van der Waals surface area (Å²) in [6, 6.07) is 7.51. The van der Waals surface area contributed by atoms with Gasteiger partial charge in [0, 0.05) is 4.75 Å². The van der Waals surface area contributed by atoms with E-state index in [0.717, 1.165) is 6.07 Å². The van der Waals surface area contributed by atoms with Crippen LogP contribution >= 0.6 is 11.8 Å². The fraction of sp³-hybridized carbons (Fsp3) is 0.360. The Morgan fingerprint density at radius 2 is 1.66 bits per heavy atom. The van der Waals surface area contributed by atoms with E-state index in [-0.39, 0.29) is 40.0 Å². The highest BCUT2D eigenvalue weighted by Gasteiger charge is 2.64. The van der Waals surface area contributed by atoms with E-state index in [1.165, 1.54) is 48.0 Å². The van der Waals surface area contributed by atoms with Crippen LogP contribution in [-0.2, 0) is 19.1 Å². The van der Waals surface area contributed by atoms with Crippen molar-refractivity contribution in [1.29, 1.82) is 0 Å². The fourth-order valence-corrected chi connectivity index (χ4v) is 5.92. The van der Waals surface area contributed by atoms with Crippen molar-refractivity contribution in [3.05, 3.63) is 53.6 Å². The van der Waals surface area contributed by atoms with Crippen molar-refractivity contribution < 1.29 is 44.3 Å². The van der Waals surface area contributed by atoms with Gasteiger partial charge in [-0.15, -0.1) is 11.8 Å². The normalized spacial score (nSPS) is 21.7. The minimum absolute atomic E-state index is 0.0440. The smallest absolute Gasteiger partial charge is 0.341 e. The monoisotopic (exact) mass is 547 g/mol. The highest BCUT2D eigenvalue weighted by molar-refractivity contribution is 8.01. The van der Waals surface area contributed by atoms with Gasteiger partial charge in [0.25, 0.3) is 0 Å². The number of ether oxygens (including phenoxy) is 1. The summed E-state index contributed by atoms with van der Waals surface area (Å²) >= 11 is 1.38. The number of amides is 2. The molecule has 2 aromatic carbocycles. The van der Waals surface area contributed by atoms with Gasteiger partial charge < -0.3 is 40.7 Å². The molecule has 0 aliphatic carbocycles. The van der Waals surface area contributed by atoms with Crippen molar-refractivity contribution in [2.45, 2.75) is 42.1 Å². The number of nitrogens with zero attached hydrogens (tertiary/aromatic N) is 1. The lowest BCUT2D eigenvalue weighted by Gasteiger charge is -2.44. The summed E-state index contributed by atoms with van der Waals surface area (Å²) in [7, 11) is 2.83. The summed E-state index contributed by atoms with van der Waals surface area (Å²) in [6.45, 7) is 3.57. The molecule has 0 spiro atoms. The zero-order valence-electron chi connectivity index (χ0n) is 21.0. The largest absolute Gasteiger partial charge is 0.508 e. The summed E-state index contributed by atoms with van der Waals surface area (Å²) in [5.41, 5.74) is 0.603. The van der Waals surface area contributed by atoms with E-state index in [9.17, 15) is 29.4 Å². The topological polar surface area (TPSA) is 186 Å². The molecule has 13 heteroatoms. The Morgan fingerprint density at radius 3 is 2.21 bits per heavy atom. The number of esters is 1. The first-order valence-electron chi connectivity index (χ1n) is 11.4. The highest BCUT2D eigenvalue weighted by atomic mass is 32.2. The first kappa shape index (κ1) is 28.6. The lowest BCUT2D eigenvalue weighted by Crippen LogP contribution is -2.71. The average molecular weight is 548 g/mol. The number of thioether (sulfide) groups is 1. The Kier molecular flexibility index (Phi) is 8.42. The predicted molar refractivity (Wildman–Crippen MR) is 137 cm³/mol. The molecule has 204 valence electrons. The maximum atomic E-state index is 12.6. The number of hydrogen-bond donors (Lipinski definition) is 6. The van der Waals surface area contributed by atoms with E-state index < -0.39 is 34.8 Å². The summed E-state index contributed by atoms with van der Waals surface area (Å²) in [5.74, 6) is -2.68. The first-order chi connectivity index (χ1) is 17.8. The van der Waals surface area contributed by atoms with E-state index in [4.69, 9.17) is 10.2 Å². The van der Waals surface area contributed by atoms with Crippen molar-refractivity contribution in [1.82, 2.24) is 15.5 Å². The van der Waals surface area contributed by atoms with Crippen molar-refractivity contribution in [3.63, 3.8) is 0 Å². The molecule has 2 heterocycles. The lowest BCUT2D eigenvalue weighted by atomic mass is 9.95. The molecule has 2 aliphatic heterocycles. The van der Waals surface area contributed by atoms with Crippen LogP contribution in [-0.4, -0.2) is 85.4 Å². The number of carbonyl (C=O) groups is 4. The molecule has 6 N–H and O–H groups in total. The molecule has 0 aromatic heterocycles. The number of likely N-dealkylation sites (N-methyl/N-ethyl adjacent to an activating group) is 1.